The Morgan fingerprint density at radius 2 is 1.87 bits per heavy atom. The summed E-state index contributed by atoms with van der Waals surface area (Å²) in [6.07, 6.45) is 4.01. The highest BCUT2D eigenvalue weighted by Gasteiger charge is 2.34. The molecule has 0 spiro atoms. The van der Waals surface area contributed by atoms with Crippen LogP contribution in [0.1, 0.15) is 68.6 Å². The van der Waals surface area contributed by atoms with Crippen molar-refractivity contribution in [2.75, 3.05) is 13.1 Å². The number of carbonyl (C=O) groups is 2. The van der Waals surface area contributed by atoms with Gasteiger partial charge in [-0.25, -0.2) is 4.79 Å². The van der Waals surface area contributed by atoms with Gasteiger partial charge in [0.05, 0.1) is 11.1 Å². The van der Waals surface area contributed by atoms with Crippen LogP contribution in [0.4, 0.5) is 0 Å². The molecule has 5 nitrogen and oxygen atoms in total. The summed E-state index contributed by atoms with van der Waals surface area (Å²) < 4.78 is 5.75. The second-order valence-electron chi connectivity index (χ2n) is 9.81. The molecule has 1 aromatic carbocycles. The molecule has 1 saturated heterocycles. The van der Waals surface area contributed by atoms with Crippen molar-refractivity contribution >= 4 is 22.8 Å². The van der Waals surface area contributed by atoms with Crippen molar-refractivity contribution in [3.63, 3.8) is 0 Å². The summed E-state index contributed by atoms with van der Waals surface area (Å²) in [6, 6.07) is 7.75. The fraction of sp³-hybridized carbons (Fsp3) is 0.560. The molecule has 5 heteroatoms. The molecule has 1 aliphatic heterocycles. The fourth-order valence-electron chi connectivity index (χ4n) is 4.83. The number of fused-ring (bicyclic) bond motifs is 2. The quantitative estimate of drug-likeness (QED) is 0.699. The molecule has 1 amide bonds. The van der Waals surface area contributed by atoms with Crippen LogP contribution in [0.15, 0.2) is 24.3 Å². The molecule has 0 N–H and O–H groups in total. The predicted molar refractivity (Wildman–Crippen MR) is 117 cm³/mol. The van der Waals surface area contributed by atoms with E-state index in [-0.39, 0.29) is 11.3 Å². The van der Waals surface area contributed by atoms with Gasteiger partial charge in [-0.1, -0.05) is 39.0 Å². The van der Waals surface area contributed by atoms with Crippen molar-refractivity contribution in [2.24, 2.45) is 11.3 Å². The third-order valence-electron chi connectivity index (χ3n) is 6.74. The van der Waals surface area contributed by atoms with E-state index < -0.39 is 12.1 Å². The summed E-state index contributed by atoms with van der Waals surface area (Å²) in [5.41, 5.74) is 3.58. The van der Waals surface area contributed by atoms with Crippen LogP contribution in [0.2, 0.25) is 0 Å². The van der Waals surface area contributed by atoms with Gasteiger partial charge in [0.25, 0.3) is 5.91 Å². The van der Waals surface area contributed by atoms with E-state index in [4.69, 9.17) is 9.72 Å². The number of aromatic nitrogens is 1. The molecule has 2 atom stereocenters. The fourth-order valence-corrected chi connectivity index (χ4v) is 4.83. The van der Waals surface area contributed by atoms with Crippen LogP contribution in [0.3, 0.4) is 0 Å². The third kappa shape index (κ3) is 3.94. The molecule has 0 bridgehead atoms. The molecular formula is C25H32N2O3. The first-order chi connectivity index (χ1) is 14.3. The van der Waals surface area contributed by atoms with E-state index in [1.54, 1.807) is 11.8 Å². The number of aryl methyl sites for hydroxylation is 1. The maximum atomic E-state index is 13.4. The summed E-state index contributed by atoms with van der Waals surface area (Å²) in [5, 5.41) is 0.816. The zero-order valence-corrected chi connectivity index (χ0v) is 18.5. The van der Waals surface area contributed by atoms with Gasteiger partial charge in [0, 0.05) is 24.2 Å². The van der Waals surface area contributed by atoms with Crippen LogP contribution >= 0.6 is 0 Å². The lowest BCUT2D eigenvalue weighted by molar-refractivity contribution is -0.138. The van der Waals surface area contributed by atoms with Crippen LogP contribution < -0.4 is 0 Å². The smallest absolute Gasteiger partial charge is 0.339 e. The molecule has 1 aromatic heterocycles. The SMILES string of the molecule is C[C@@H](OC(=O)c1c2c(nc3ccccc13)CC[C@H](C(C)(C)C)C2)C(=O)N1CCCC1. The van der Waals surface area contributed by atoms with E-state index in [0.29, 0.717) is 11.5 Å². The third-order valence-corrected chi connectivity index (χ3v) is 6.74. The van der Waals surface area contributed by atoms with Crippen molar-refractivity contribution in [3.05, 3.63) is 41.1 Å². The molecule has 0 unspecified atom stereocenters. The molecule has 0 saturated carbocycles. The van der Waals surface area contributed by atoms with Crippen LogP contribution in [-0.2, 0) is 22.4 Å². The first-order valence-electron chi connectivity index (χ1n) is 11.2. The Morgan fingerprint density at radius 3 is 2.57 bits per heavy atom. The first kappa shape index (κ1) is 20.8. The minimum absolute atomic E-state index is 0.0966. The van der Waals surface area contributed by atoms with Crippen LogP contribution in [0, 0.1) is 11.3 Å². The van der Waals surface area contributed by atoms with Crippen molar-refractivity contribution in [1.82, 2.24) is 9.88 Å². The van der Waals surface area contributed by atoms with Gasteiger partial charge in [-0.2, -0.15) is 0 Å². The predicted octanol–water partition coefficient (Wildman–Crippen LogP) is 4.55. The van der Waals surface area contributed by atoms with Gasteiger partial charge in [0.15, 0.2) is 6.10 Å². The number of hydrogen-bond donors (Lipinski definition) is 0. The highest BCUT2D eigenvalue weighted by Crippen LogP contribution is 2.39. The van der Waals surface area contributed by atoms with Crippen molar-refractivity contribution in [3.8, 4) is 0 Å². The summed E-state index contributed by atoms with van der Waals surface area (Å²) in [7, 11) is 0. The van der Waals surface area contributed by atoms with E-state index >= 15 is 0 Å². The summed E-state index contributed by atoms with van der Waals surface area (Å²) in [4.78, 5) is 32.7. The van der Waals surface area contributed by atoms with E-state index in [1.165, 1.54) is 0 Å². The lowest BCUT2D eigenvalue weighted by Gasteiger charge is -2.35. The maximum Gasteiger partial charge on any atom is 0.339 e. The topological polar surface area (TPSA) is 59.5 Å². The van der Waals surface area contributed by atoms with Gasteiger partial charge in [-0.15, -0.1) is 0 Å². The number of hydrogen-bond acceptors (Lipinski definition) is 4. The molecular weight excluding hydrogens is 376 g/mol. The largest absolute Gasteiger partial charge is 0.449 e. The molecule has 160 valence electrons. The molecule has 0 radical (unpaired) electrons. The highest BCUT2D eigenvalue weighted by atomic mass is 16.5. The van der Waals surface area contributed by atoms with Crippen LogP contribution in [-0.4, -0.2) is 41.0 Å². The van der Waals surface area contributed by atoms with Gasteiger partial charge >= 0.3 is 5.97 Å². The number of pyridine rings is 1. The summed E-state index contributed by atoms with van der Waals surface area (Å²) >= 11 is 0. The van der Waals surface area contributed by atoms with Gasteiger partial charge in [-0.05, 0) is 62.0 Å². The van der Waals surface area contributed by atoms with E-state index in [2.05, 4.69) is 20.8 Å². The summed E-state index contributed by atoms with van der Waals surface area (Å²) in [5.74, 6) is -0.0247. The van der Waals surface area contributed by atoms with E-state index in [0.717, 1.165) is 67.4 Å². The number of rotatable bonds is 3. The molecule has 2 aliphatic rings. The zero-order valence-electron chi connectivity index (χ0n) is 18.5. The monoisotopic (exact) mass is 408 g/mol. The normalized spacial score (nSPS) is 20.1. The maximum absolute atomic E-state index is 13.4. The Kier molecular flexibility index (Phi) is 5.56. The molecule has 30 heavy (non-hydrogen) atoms. The zero-order chi connectivity index (χ0) is 21.5. The number of benzene rings is 1. The van der Waals surface area contributed by atoms with Crippen molar-refractivity contribution in [2.45, 2.75) is 65.9 Å². The second kappa shape index (κ2) is 8.01. The number of carbonyl (C=O) groups excluding carboxylic acids is 2. The Hall–Kier alpha value is -2.43. The summed E-state index contributed by atoms with van der Waals surface area (Å²) in [6.45, 7) is 9.96. The Labute approximate surface area is 178 Å². The van der Waals surface area contributed by atoms with Crippen molar-refractivity contribution in [1.29, 1.82) is 0 Å². The lowest BCUT2D eigenvalue weighted by Crippen LogP contribution is -2.38. The number of esters is 1. The molecule has 2 heterocycles. The van der Waals surface area contributed by atoms with E-state index in [1.807, 2.05) is 24.3 Å². The molecule has 4 rings (SSSR count). The minimum atomic E-state index is -0.778. The van der Waals surface area contributed by atoms with Gasteiger partial charge in [0.2, 0.25) is 0 Å². The Morgan fingerprint density at radius 1 is 1.17 bits per heavy atom. The van der Waals surface area contributed by atoms with Gasteiger partial charge in [0.1, 0.15) is 0 Å². The van der Waals surface area contributed by atoms with E-state index in [9.17, 15) is 9.59 Å². The number of ether oxygens (including phenoxy) is 1. The standard InChI is InChI=1S/C25H32N2O3/c1-16(23(28)27-13-7-8-14-27)30-24(29)22-18-9-5-6-10-20(18)26-21-12-11-17(15-19(21)22)25(2,3)4/h5-6,9-10,16-17H,7-8,11-15H2,1-4H3/t16-,17+/m1/s1. The highest BCUT2D eigenvalue weighted by molar-refractivity contribution is 6.05. The molecule has 1 fully saturated rings. The molecule has 1 aliphatic carbocycles. The minimum Gasteiger partial charge on any atom is -0.449 e. The second-order valence-corrected chi connectivity index (χ2v) is 9.81. The molecule has 2 aromatic rings. The Balaban J connectivity index is 1.70. The number of amides is 1. The van der Waals surface area contributed by atoms with Gasteiger partial charge < -0.3 is 9.64 Å². The first-order valence-corrected chi connectivity index (χ1v) is 11.2. The lowest BCUT2D eigenvalue weighted by atomic mass is 9.70. The average Bonchev–Trinajstić information content (AvgIpc) is 3.24. The van der Waals surface area contributed by atoms with Gasteiger partial charge in [-0.3, -0.25) is 9.78 Å². The van der Waals surface area contributed by atoms with Crippen LogP contribution in [0.25, 0.3) is 10.9 Å². The number of para-hydroxylation sites is 1. The Bertz CT molecular complexity index is 970. The number of nitrogens with zero attached hydrogens (tertiary/aromatic N) is 2. The van der Waals surface area contributed by atoms with Crippen molar-refractivity contribution < 1.29 is 14.3 Å². The number of likely N-dealkylation sites (tertiary alicyclic amines) is 1. The average molecular weight is 409 g/mol. The van der Waals surface area contributed by atoms with Crippen LogP contribution in [0.5, 0.6) is 0 Å².